The molecule has 0 saturated carbocycles. The first-order chi connectivity index (χ1) is 18.7. The zero-order valence-electron chi connectivity index (χ0n) is 20.9. The van der Waals surface area contributed by atoms with Gasteiger partial charge in [-0.15, -0.1) is 0 Å². The van der Waals surface area contributed by atoms with Crippen LogP contribution in [0.15, 0.2) is 98.2 Å². The van der Waals surface area contributed by atoms with E-state index in [1.807, 2.05) is 31.2 Å². The molecule has 0 saturated heterocycles. The number of nitrogens with one attached hydrogen (secondary N) is 2. The molecular weight excluding hydrogens is 538 g/mol. The third-order valence-corrected chi connectivity index (χ3v) is 7.96. The molecule has 0 atom stereocenters. The fourth-order valence-corrected chi connectivity index (χ4v) is 5.66. The Bertz CT molecular complexity index is 1850. The summed E-state index contributed by atoms with van der Waals surface area (Å²) in [6.07, 6.45) is 0. The van der Waals surface area contributed by atoms with E-state index in [1.54, 1.807) is 31.2 Å². The Morgan fingerprint density at radius 3 is 2.49 bits per heavy atom. The molecule has 0 aliphatic rings. The van der Waals surface area contributed by atoms with Crippen LogP contribution in [0.1, 0.15) is 11.3 Å². The topological polar surface area (TPSA) is 136 Å². The van der Waals surface area contributed by atoms with E-state index in [1.165, 1.54) is 34.9 Å². The van der Waals surface area contributed by atoms with Crippen LogP contribution in [0.25, 0.3) is 16.6 Å². The van der Waals surface area contributed by atoms with Crippen molar-refractivity contribution in [3.05, 3.63) is 101 Å². The first kappa shape index (κ1) is 26.2. The Hall–Kier alpha value is -4.42. The average molecular weight is 562 g/mol. The fourth-order valence-electron chi connectivity index (χ4n) is 3.86. The number of carbonyl (C=O) groups excluding carboxylic acids is 1. The molecule has 3 aromatic carbocycles. The van der Waals surface area contributed by atoms with Crippen LogP contribution in [0, 0.1) is 13.8 Å². The van der Waals surface area contributed by atoms with Gasteiger partial charge in [-0.1, -0.05) is 41.2 Å². The summed E-state index contributed by atoms with van der Waals surface area (Å²) in [5, 5.41) is 7.24. The van der Waals surface area contributed by atoms with E-state index in [4.69, 9.17) is 4.52 Å². The van der Waals surface area contributed by atoms with Gasteiger partial charge in [0.15, 0.2) is 11.0 Å². The fraction of sp³-hybridized carbons (Fsp3) is 0.111. The minimum absolute atomic E-state index is 0.00179. The Labute approximate surface area is 228 Å². The summed E-state index contributed by atoms with van der Waals surface area (Å²) in [5.41, 5.74) is 2.38. The predicted octanol–water partition coefficient (Wildman–Crippen LogP) is 4.52. The molecule has 0 fully saturated rings. The molecule has 0 spiro atoms. The summed E-state index contributed by atoms with van der Waals surface area (Å²) in [4.78, 5) is 30.8. The van der Waals surface area contributed by atoms with Gasteiger partial charge in [-0.25, -0.2) is 13.4 Å². The number of fused-ring (bicyclic) bond motifs is 1. The lowest BCUT2D eigenvalue weighted by Gasteiger charge is -2.14. The summed E-state index contributed by atoms with van der Waals surface area (Å²) >= 11 is 1.13. The first-order valence-corrected chi connectivity index (χ1v) is 14.2. The molecule has 2 aromatic heterocycles. The highest BCUT2D eigenvalue weighted by molar-refractivity contribution is 7.99. The van der Waals surface area contributed by atoms with Crippen LogP contribution >= 0.6 is 11.8 Å². The zero-order valence-corrected chi connectivity index (χ0v) is 22.5. The van der Waals surface area contributed by atoms with Gasteiger partial charge in [-0.05, 0) is 67.9 Å². The second kappa shape index (κ2) is 10.8. The molecule has 1 amide bonds. The summed E-state index contributed by atoms with van der Waals surface area (Å²) in [7, 11) is -3.88. The van der Waals surface area contributed by atoms with Crippen molar-refractivity contribution < 1.29 is 17.7 Å². The van der Waals surface area contributed by atoms with Crippen LogP contribution < -0.4 is 15.6 Å². The lowest BCUT2D eigenvalue weighted by Crippen LogP contribution is -2.23. The molecule has 0 aliphatic carbocycles. The van der Waals surface area contributed by atoms with Crippen LogP contribution in [0.2, 0.25) is 0 Å². The quantitative estimate of drug-likeness (QED) is 0.208. The van der Waals surface area contributed by atoms with Gasteiger partial charge in [0, 0.05) is 11.8 Å². The summed E-state index contributed by atoms with van der Waals surface area (Å²) < 4.78 is 33.9. The van der Waals surface area contributed by atoms with Crippen LogP contribution in [-0.4, -0.2) is 34.8 Å². The third kappa shape index (κ3) is 5.86. The van der Waals surface area contributed by atoms with Crippen molar-refractivity contribution in [1.29, 1.82) is 0 Å². The second-order valence-corrected chi connectivity index (χ2v) is 11.3. The van der Waals surface area contributed by atoms with E-state index < -0.39 is 10.0 Å². The Kier molecular flexibility index (Phi) is 7.22. The van der Waals surface area contributed by atoms with E-state index in [0.29, 0.717) is 33.2 Å². The molecular formula is C27H23N5O5S2. The minimum Gasteiger partial charge on any atom is -0.360 e. The second-order valence-electron chi connectivity index (χ2n) is 8.68. The van der Waals surface area contributed by atoms with Crippen molar-refractivity contribution in [2.24, 2.45) is 0 Å². The number of hydrogen-bond acceptors (Lipinski definition) is 8. The van der Waals surface area contributed by atoms with E-state index in [0.717, 1.165) is 17.3 Å². The molecule has 5 rings (SSSR count). The number of amides is 1. The van der Waals surface area contributed by atoms with Gasteiger partial charge in [-0.3, -0.25) is 18.9 Å². The van der Waals surface area contributed by atoms with Gasteiger partial charge in [-0.2, -0.15) is 0 Å². The average Bonchev–Trinajstić information content (AvgIpc) is 3.31. The highest BCUT2D eigenvalue weighted by Crippen LogP contribution is 2.23. The number of aryl methyl sites for hydroxylation is 2. The standard InChI is InChI=1S/C27H23N5O5S2/c1-17-6-5-7-20(14-17)32-26(34)22-8-3-4-9-23(22)29-27(32)38-16-25(33)28-19-10-12-21(13-11-19)39(35,36)31-24-15-18(2)37-30-24/h3-15H,16H2,1-2H3,(H,28,33)(H,30,31). The molecule has 0 bridgehead atoms. The molecule has 2 heterocycles. The SMILES string of the molecule is Cc1cccc(-n2c(SCC(=O)Nc3ccc(S(=O)(=O)Nc4cc(C)on4)cc3)nc3ccccc3c2=O)c1. The number of sulfonamides is 1. The number of anilines is 2. The smallest absolute Gasteiger partial charge is 0.266 e. The Balaban J connectivity index is 1.32. The van der Waals surface area contributed by atoms with Crippen LogP contribution in [0.5, 0.6) is 0 Å². The normalized spacial score (nSPS) is 11.4. The van der Waals surface area contributed by atoms with Crippen LogP contribution in [-0.2, 0) is 14.8 Å². The van der Waals surface area contributed by atoms with Gasteiger partial charge < -0.3 is 9.84 Å². The first-order valence-electron chi connectivity index (χ1n) is 11.8. The van der Waals surface area contributed by atoms with Crippen molar-refractivity contribution in [2.75, 3.05) is 15.8 Å². The van der Waals surface area contributed by atoms with Crippen molar-refractivity contribution in [3.8, 4) is 5.69 Å². The predicted molar refractivity (Wildman–Crippen MR) is 150 cm³/mol. The number of aromatic nitrogens is 3. The number of benzene rings is 3. The highest BCUT2D eigenvalue weighted by Gasteiger charge is 2.18. The van der Waals surface area contributed by atoms with Crippen molar-refractivity contribution in [3.63, 3.8) is 0 Å². The van der Waals surface area contributed by atoms with E-state index in [9.17, 15) is 18.0 Å². The summed E-state index contributed by atoms with van der Waals surface area (Å²) in [5.74, 6) is 0.181. The molecule has 39 heavy (non-hydrogen) atoms. The largest absolute Gasteiger partial charge is 0.360 e. The van der Waals surface area contributed by atoms with Gasteiger partial charge in [0.1, 0.15) is 5.76 Å². The lowest BCUT2D eigenvalue weighted by atomic mass is 10.2. The number of nitrogens with zero attached hydrogens (tertiary/aromatic N) is 3. The maximum Gasteiger partial charge on any atom is 0.266 e. The van der Waals surface area contributed by atoms with Gasteiger partial charge in [0.2, 0.25) is 5.91 Å². The lowest BCUT2D eigenvalue weighted by molar-refractivity contribution is -0.113. The van der Waals surface area contributed by atoms with E-state index in [2.05, 4.69) is 20.2 Å². The molecule has 0 aliphatic heterocycles. The highest BCUT2D eigenvalue weighted by atomic mass is 32.2. The Morgan fingerprint density at radius 2 is 1.77 bits per heavy atom. The van der Waals surface area contributed by atoms with E-state index >= 15 is 0 Å². The minimum atomic E-state index is -3.88. The molecule has 5 aromatic rings. The maximum atomic E-state index is 13.4. The molecule has 12 heteroatoms. The van der Waals surface area contributed by atoms with Crippen molar-refractivity contribution in [2.45, 2.75) is 23.9 Å². The van der Waals surface area contributed by atoms with Gasteiger partial charge >= 0.3 is 0 Å². The summed E-state index contributed by atoms with van der Waals surface area (Å²) in [6.45, 7) is 3.59. The van der Waals surface area contributed by atoms with Gasteiger partial charge in [0.05, 0.1) is 27.2 Å². The number of carbonyl (C=O) groups is 1. The van der Waals surface area contributed by atoms with Crippen LogP contribution in [0.4, 0.5) is 11.5 Å². The third-order valence-electron chi connectivity index (χ3n) is 5.65. The van der Waals surface area contributed by atoms with Crippen LogP contribution in [0.3, 0.4) is 0 Å². The van der Waals surface area contributed by atoms with E-state index in [-0.39, 0.29) is 27.9 Å². The molecule has 0 radical (unpaired) electrons. The molecule has 10 nitrogen and oxygen atoms in total. The number of para-hydroxylation sites is 1. The Morgan fingerprint density at radius 1 is 1.00 bits per heavy atom. The zero-order chi connectivity index (χ0) is 27.6. The monoisotopic (exact) mass is 561 g/mol. The van der Waals surface area contributed by atoms with Crippen molar-refractivity contribution >= 4 is 50.1 Å². The molecule has 0 unspecified atom stereocenters. The summed E-state index contributed by atoms with van der Waals surface area (Å²) in [6, 6.07) is 21.8. The molecule has 2 N–H and O–H groups in total. The maximum absolute atomic E-state index is 13.4. The van der Waals surface area contributed by atoms with Crippen molar-refractivity contribution in [1.82, 2.24) is 14.7 Å². The van der Waals surface area contributed by atoms with Gasteiger partial charge in [0.25, 0.3) is 15.6 Å². The number of hydrogen-bond donors (Lipinski definition) is 2. The number of thioether (sulfide) groups is 1. The molecule has 198 valence electrons. The number of rotatable bonds is 8.